The Morgan fingerprint density at radius 3 is 1.29 bits per heavy atom. The van der Waals surface area contributed by atoms with Crippen molar-refractivity contribution in [2.24, 2.45) is 0 Å². The van der Waals surface area contributed by atoms with Crippen LogP contribution in [0.2, 0.25) is 0 Å². The molecule has 2 unspecified atom stereocenters. The normalized spacial score (nSPS) is 12.9. The van der Waals surface area contributed by atoms with E-state index in [4.69, 9.17) is 4.74 Å². The summed E-state index contributed by atoms with van der Waals surface area (Å²) in [5, 5.41) is 23.0. The minimum atomic E-state index is -0.852. The molecule has 0 spiro atoms. The minimum absolute atomic E-state index is 0.0122. The number of rotatable bonds is 44. The predicted octanol–water partition coefficient (Wildman–Crippen LogP) is 14.0. The highest BCUT2D eigenvalue weighted by Crippen LogP contribution is 2.15. The van der Waals surface area contributed by atoms with Crippen LogP contribution in [0.5, 0.6) is 0 Å². The average Bonchev–Trinajstić information content (AvgIpc) is 3.18. The van der Waals surface area contributed by atoms with Crippen molar-refractivity contribution in [1.82, 2.24) is 5.32 Å². The lowest BCUT2D eigenvalue weighted by Crippen LogP contribution is -2.45. The molecule has 0 aromatic heterocycles. The van der Waals surface area contributed by atoms with Crippen LogP contribution in [0.25, 0.3) is 0 Å². The largest absolute Gasteiger partial charge is 0.466 e. The van der Waals surface area contributed by atoms with Gasteiger partial charge < -0.3 is 20.3 Å². The average molecular weight is 776 g/mol. The molecule has 0 aromatic rings. The molecule has 0 fully saturated rings. The summed E-state index contributed by atoms with van der Waals surface area (Å²) in [6.45, 7) is 4.84. The first-order valence-corrected chi connectivity index (χ1v) is 24.1. The van der Waals surface area contributed by atoms with Crippen LogP contribution in [-0.4, -0.2) is 47.4 Å². The summed E-state index contributed by atoms with van der Waals surface area (Å²) >= 11 is 0. The van der Waals surface area contributed by atoms with Gasteiger partial charge in [-0.3, -0.25) is 9.59 Å². The van der Waals surface area contributed by atoms with E-state index in [2.05, 4.69) is 31.3 Å². The number of carbonyl (C=O) groups excluding carboxylic acids is 2. The molecule has 0 rings (SSSR count). The highest BCUT2D eigenvalue weighted by molar-refractivity contribution is 5.76. The van der Waals surface area contributed by atoms with Crippen LogP contribution in [0.3, 0.4) is 0 Å². The number of aliphatic hydroxyl groups is 2. The highest BCUT2D eigenvalue weighted by atomic mass is 16.5. The zero-order valence-electron chi connectivity index (χ0n) is 36.7. The summed E-state index contributed by atoms with van der Waals surface area (Å²) in [7, 11) is 0. The predicted molar refractivity (Wildman–Crippen MR) is 236 cm³/mol. The van der Waals surface area contributed by atoms with Crippen molar-refractivity contribution in [1.29, 1.82) is 0 Å². The van der Waals surface area contributed by atoms with Gasteiger partial charge in [-0.15, -0.1) is 0 Å². The number of nitrogens with one attached hydrogen (secondary N) is 1. The van der Waals surface area contributed by atoms with Crippen molar-refractivity contribution in [3.8, 4) is 0 Å². The molecule has 6 heteroatoms. The second-order valence-electron chi connectivity index (χ2n) is 16.4. The SMILES string of the molecule is CCCCCCCCCCCC/C=C/C(O)C(CO)NC(=O)CCCCCCCCC/C=C\CCCCCCOC(=O)CCCCCCCCCCCCC. The molecule has 3 N–H and O–H groups in total. The first-order chi connectivity index (χ1) is 27.0. The summed E-state index contributed by atoms with van der Waals surface area (Å²) in [5.74, 6) is -0.0968. The number of aliphatic hydroxyl groups excluding tert-OH is 2. The summed E-state index contributed by atoms with van der Waals surface area (Å²) < 4.78 is 5.43. The summed E-state index contributed by atoms with van der Waals surface area (Å²) in [6.07, 6.45) is 51.7. The molecule has 55 heavy (non-hydrogen) atoms. The Hall–Kier alpha value is -1.66. The molecule has 0 radical (unpaired) electrons. The quantitative estimate of drug-likeness (QED) is 0.0325. The molecule has 324 valence electrons. The molecule has 0 saturated carbocycles. The van der Waals surface area contributed by atoms with E-state index in [1.807, 2.05) is 6.08 Å². The van der Waals surface area contributed by atoms with E-state index in [0.717, 1.165) is 70.6 Å². The number of ether oxygens (including phenoxy) is 1. The van der Waals surface area contributed by atoms with Gasteiger partial charge in [0.15, 0.2) is 0 Å². The van der Waals surface area contributed by atoms with Crippen molar-refractivity contribution >= 4 is 11.9 Å². The van der Waals surface area contributed by atoms with Crippen molar-refractivity contribution in [2.45, 2.75) is 264 Å². The van der Waals surface area contributed by atoms with Crippen LogP contribution in [0, 0.1) is 0 Å². The number of amides is 1. The summed E-state index contributed by atoms with van der Waals surface area (Å²) in [4.78, 5) is 24.3. The summed E-state index contributed by atoms with van der Waals surface area (Å²) in [6, 6.07) is -0.637. The van der Waals surface area contributed by atoms with Crippen molar-refractivity contribution in [3.63, 3.8) is 0 Å². The van der Waals surface area contributed by atoms with Crippen LogP contribution in [0.1, 0.15) is 251 Å². The molecule has 0 aromatic carbocycles. The van der Waals surface area contributed by atoms with Gasteiger partial charge in [0.1, 0.15) is 0 Å². The Kier molecular flexibility index (Phi) is 43.7. The molecule has 0 heterocycles. The van der Waals surface area contributed by atoms with Crippen molar-refractivity contribution in [3.05, 3.63) is 24.3 Å². The van der Waals surface area contributed by atoms with Crippen LogP contribution in [0.15, 0.2) is 24.3 Å². The second-order valence-corrected chi connectivity index (χ2v) is 16.4. The lowest BCUT2D eigenvalue weighted by Gasteiger charge is -2.20. The van der Waals surface area contributed by atoms with Gasteiger partial charge in [0, 0.05) is 12.8 Å². The van der Waals surface area contributed by atoms with E-state index in [9.17, 15) is 19.8 Å². The van der Waals surface area contributed by atoms with Crippen LogP contribution in [-0.2, 0) is 14.3 Å². The lowest BCUT2D eigenvalue weighted by atomic mass is 10.1. The second kappa shape index (κ2) is 45.0. The Bertz CT molecular complexity index is 858. The Morgan fingerprint density at radius 2 is 0.855 bits per heavy atom. The Morgan fingerprint density at radius 1 is 0.491 bits per heavy atom. The van der Waals surface area contributed by atoms with E-state index in [1.165, 1.54) is 154 Å². The van der Waals surface area contributed by atoms with E-state index < -0.39 is 12.1 Å². The van der Waals surface area contributed by atoms with E-state index in [0.29, 0.717) is 19.4 Å². The van der Waals surface area contributed by atoms with Crippen molar-refractivity contribution < 1.29 is 24.5 Å². The Balaban J connectivity index is 3.51. The first-order valence-electron chi connectivity index (χ1n) is 24.1. The number of carbonyl (C=O) groups is 2. The van der Waals surface area contributed by atoms with Gasteiger partial charge >= 0.3 is 5.97 Å². The smallest absolute Gasteiger partial charge is 0.305 e. The Labute approximate surface area is 341 Å². The molecule has 1 amide bonds. The third-order valence-corrected chi connectivity index (χ3v) is 11.0. The third kappa shape index (κ3) is 41.8. The molecule has 0 aliphatic rings. The topological polar surface area (TPSA) is 95.9 Å². The fourth-order valence-electron chi connectivity index (χ4n) is 7.21. The molecule has 0 aliphatic heterocycles. The van der Waals surface area contributed by atoms with E-state index >= 15 is 0 Å². The van der Waals surface area contributed by atoms with Gasteiger partial charge in [-0.1, -0.05) is 205 Å². The fraction of sp³-hybridized carbons (Fsp3) is 0.878. The van der Waals surface area contributed by atoms with Crippen LogP contribution in [0.4, 0.5) is 0 Å². The van der Waals surface area contributed by atoms with Gasteiger partial charge in [-0.2, -0.15) is 0 Å². The maximum atomic E-state index is 12.4. The zero-order valence-corrected chi connectivity index (χ0v) is 36.7. The van der Waals surface area contributed by atoms with Gasteiger partial charge in [-0.25, -0.2) is 0 Å². The summed E-state index contributed by atoms with van der Waals surface area (Å²) in [5.41, 5.74) is 0. The maximum absolute atomic E-state index is 12.4. The molecule has 0 bridgehead atoms. The third-order valence-electron chi connectivity index (χ3n) is 11.0. The number of allylic oxidation sites excluding steroid dienone is 3. The van der Waals surface area contributed by atoms with E-state index in [-0.39, 0.29) is 18.5 Å². The van der Waals surface area contributed by atoms with Gasteiger partial charge in [0.2, 0.25) is 5.91 Å². The molecular weight excluding hydrogens is 683 g/mol. The van der Waals surface area contributed by atoms with Gasteiger partial charge in [-0.05, 0) is 57.8 Å². The zero-order chi connectivity index (χ0) is 40.1. The van der Waals surface area contributed by atoms with Crippen LogP contribution < -0.4 is 5.32 Å². The minimum Gasteiger partial charge on any atom is -0.466 e. The number of hydrogen-bond acceptors (Lipinski definition) is 5. The highest BCUT2D eigenvalue weighted by Gasteiger charge is 2.18. The lowest BCUT2D eigenvalue weighted by molar-refractivity contribution is -0.143. The van der Waals surface area contributed by atoms with Gasteiger partial charge in [0.25, 0.3) is 0 Å². The first kappa shape index (κ1) is 53.3. The monoisotopic (exact) mass is 776 g/mol. The standard InChI is InChI=1S/C49H93NO5/c1-3-5-7-9-11-13-15-22-25-29-33-37-41-47(52)46(45-51)50-48(53)42-38-34-30-26-23-19-17-16-18-20-24-28-32-36-40-44-55-49(54)43-39-35-31-27-21-14-12-10-8-6-4-2/h18,20,37,41,46-47,51-52H,3-17,19,21-36,38-40,42-45H2,1-2H3,(H,50,53)/b20-18-,41-37+. The molecule has 6 nitrogen and oxygen atoms in total. The number of esters is 1. The molecular formula is C49H93NO5. The number of hydrogen-bond donors (Lipinski definition) is 3. The van der Waals surface area contributed by atoms with Crippen LogP contribution >= 0.6 is 0 Å². The van der Waals surface area contributed by atoms with Crippen molar-refractivity contribution in [2.75, 3.05) is 13.2 Å². The molecule has 2 atom stereocenters. The maximum Gasteiger partial charge on any atom is 0.305 e. The number of unbranched alkanes of at least 4 members (excludes halogenated alkanes) is 31. The molecule has 0 saturated heterocycles. The van der Waals surface area contributed by atoms with E-state index in [1.54, 1.807) is 6.08 Å². The fourth-order valence-corrected chi connectivity index (χ4v) is 7.21. The van der Waals surface area contributed by atoms with Gasteiger partial charge in [0.05, 0.1) is 25.4 Å². The molecule has 0 aliphatic carbocycles.